The lowest BCUT2D eigenvalue weighted by Crippen LogP contribution is -2.48. The SMILES string of the molecule is Cc1ccc(Cl)cc1N1CCN([C@H](c2ccc(F)cc2)c2nnc(-c3ccccc3Cl)o2)CC1. The fraction of sp³-hybridized carbons (Fsp3) is 0.231. The van der Waals surface area contributed by atoms with Gasteiger partial charge >= 0.3 is 0 Å². The van der Waals surface area contributed by atoms with Crippen molar-refractivity contribution in [3.63, 3.8) is 0 Å². The van der Waals surface area contributed by atoms with Crippen molar-refractivity contribution in [2.45, 2.75) is 13.0 Å². The molecule has 1 saturated heterocycles. The Kier molecular flexibility index (Phi) is 6.55. The molecule has 1 aliphatic heterocycles. The van der Waals surface area contributed by atoms with E-state index in [1.807, 2.05) is 36.4 Å². The van der Waals surface area contributed by atoms with Crippen LogP contribution in [0.25, 0.3) is 11.5 Å². The van der Waals surface area contributed by atoms with Crippen LogP contribution in [0, 0.1) is 12.7 Å². The summed E-state index contributed by atoms with van der Waals surface area (Å²) < 4.78 is 19.8. The van der Waals surface area contributed by atoms with Gasteiger partial charge in [0.25, 0.3) is 0 Å². The highest BCUT2D eigenvalue weighted by Crippen LogP contribution is 2.34. The Balaban J connectivity index is 1.43. The molecule has 8 heteroatoms. The van der Waals surface area contributed by atoms with Crippen LogP contribution < -0.4 is 4.90 Å². The van der Waals surface area contributed by atoms with Gasteiger partial charge in [0.15, 0.2) is 0 Å². The number of hydrogen-bond acceptors (Lipinski definition) is 5. The van der Waals surface area contributed by atoms with E-state index in [1.54, 1.807) is 18.2 Å². The van der Waals surface area contributed by atoms with Gasteiger partial charge in [0, 0.05) is 36.9 Å². The number of benzene rings is 3. The van der Waals surface area contributed by atoms with E-state index < -0.39 is 0 Å². The molecule has 4 aromatic rings. The zero-order valence-corrected chi connectivity index (χ0v) is 20.1. The van der Waals surface area contributed by atoms with Crippen LogP contribution in [-0.4, -0.2) is 41.3 Å². The molecule has 0 spiro atoms. The van der Waals surface area contributed by atoms with E-state index in [-0.39, 0.29) is 11.9 Å². The average molecular weight is 497 g/mol. The summed E-state index contributed by atoms with van der Waals surface area (Å²) in [5.41, 5.74) is 3.91. The molecule has 1 atom stereocenters. The monoisotopic (exact) mass is 496 g/mol. The fourth-order valence-corrected chi connectivity index (χ4v) is 4.77. The molecule has 2 heterocycles. The van der Waals surface area contributed by atoms with E-state index in [2.05, 4.69) is 26.9 Å². The zero-order chi connectivity index (χ0) is 23.7. The number of aryl methyl sites for hydroxylation is 1. The first kappa shape index (κ1) is 22.8. The van der Waals surface area contributed by atoms with Crippen molar-refractivity contribution in [2.24, 2.45) is 0 Å². The van der Waals surface area contributed by atoms with Crippen molar-refractivity contribution in [2.75, 3.05) is 31.1 Å². The molecule has 34 heavy (non-hydrogen) atoms. The molecule has 3 aromatic carbocycles. The van der Waals surface area contributed by atoms with Crippen molar-refractivity contribution >= 4 is 28.9 Å². The zero-order valence-electron chi connectivity index (χ0n) is 18.6. The van der Waals surface area contributed by atoms with Gasteiger partial charge < -0.3 is 9.32 Å². The van der Waals surface area contributed by atoms with Crippen molar-refractivity contribution in [1.29, 1.82) is 0 Å². The lowest BCUT2D eigenvalue weighted by Gasteiger charge is -2.39. The summed E-state index contributed by atoms with van der Waals surface area (Å²) in [6, 6.07) is 19.5. The van der Waals surface area contributed by atoms with Crippen molar-refractivity contribution in [3.05, 3.63) is 99.6 Å². The quantitative estimate of drug-likeness (QED) is 0.319. The standard InChI is InChI=1S/C26H23Cl2FN4O/c1-17-6-9-19(27)16-23(17)32-12-14-33(15-13-32)24(18-7-10-20(29)11-8-18)26-31-30-25(34-26)21-4-2-3-5-22(21)28/h2-11,16,24H,12-15H2,1H3/t24-/m1/s1. The minimum Gasteiger partial charge on any atom is -0.419 e. The maximum absolute atomic E-state index is 13.7. The molecule has 1 aliphatic rings. The second-order valence-corrected chi connectivity index (χ2v) is 9.18. The molecule has 0 saturated carbocycles. The lowest BCUT2D eigenvalue weighted by molar-refractivity contribution is 0.188. The van der Waals surface area contributed by atoms with E-state index in [1.165, 1.54) is 17.7 Å². The first-order chi connectivity index (χ1) is 16.5. The number of nitrogens with zero attached hydrogens (tertiary/aromatic N) is 4. The number of halogens is 3. The van der Waals surface area contributed by atoms with Crippen LogP contribution in [-0.2, 0) is 0 Å². The van der Waals surface area contributed by atoms with Crippen molar-refractivity contribution < 1.29 is 8.81 Å². The number of anilines is 1. The Morgan fingerprint density at radius 3 is 2.38 bits per heavy atom. The molecule has 5 nitrogen and oxygen atoms in total. The third kappa shape index (κ3) is 4.67. The molecule has 1 fully saturated rings. The largest absolute Gasteiger partial charge is 0.419 e. The molecular formula is C26H23Cl2FN4O. The van der Waals surface area contributed by atoms with Crippen LogP contribution in [0.2, 0.25) is 10.0 Å². The predicted molar refractivity (Wildman–Crippen MR) is 133 cm³/mol. The summed E-state index contributed by atoms with van der Waals surface area (Å²) in [6.45, 7) is 5.23. The van der Waals surface area contributed by atoms with E-state index in [4.69, 9.17) is 27.6 Å². The number of rotatable bonds is 5. The second kappa shape index (κ2) is 9.74. The Bertz CT molecular complexity index is 1290. The van der Waals surface area contributed by atoms with Gasteiger partial charge in [-0.3, -0.25) is 4.90 Å². The summed E-state index contributed by atoms with van der Waals surface area (Å²) in [5, 5.41) is 9.90. The highest BCUT2D eigenvalue weighted by Gasteiger charge is 2.31. The fourth-order valence-electron chi connectivity index (χ4n) is 4.39. The maximum atomic E-state index is 13.7. The smallest absolute Gasteiger partial charge is 0.249 e. The second-order valence-electron chi connectivity index (χ2n) is 8.33. The number of hydrogen-bond donors (Lipinski definition) is 0. The van der Waals surface area contributed by atoms with Crippen molar-refractivity contribution in [3.8, 4) is 11.5 Å². The Morgan fingerprint density at radius 2 is 1.65 bits per heavy atom. The summed E-state index contributed by atoms with van der Waals surface area (Å²) in [5.74, 6) is 0.529. The van der Waals surface area contributed by atoms with Gasteiger partial charge in [-0.25, -0.2) is 4.39 Å². The van der Waals surface area contributed by atoms with Gasteiger partial charge in [0.2, 0.25) is 11.8 Å². The molecule has 1 aromatic heterocycles. The third-order valence-electron chi connectivity index (χ3n) is 6.16. The topological polar surface area (TPSA) is 45.4 Å². The van der Waals surface area contributed by atoms with Crippen molar-refractivity contribution in [1.82, 2.24) is 15.1 Å². The molecular weight excluding hydrogens is 474 g/mol. The Hall–Kier alpha value is -2.93. The average Bonchev–Trinajstić information content (AvgIpc) is 3.32. The molecule has 174 valence electrons. The summed E-state index contributed by atoms with van der Waals surface area (Å²) >= 11 is 12.6. The van der Waals surface area contributed by atoms with Crippen LogP contribution in [0.3, 0.4) is 0 Å². The molecule has 0 radical (unpaired) electrons. The summed E-state index contributed by atoms with van der Waals surface area (Å²) in [4.78, 5) is 4.62. The summed E-state index contributed by atoms with van der Waals surface area (Å²) in [6.07, 6.45) is 0. The summed E-state index contributed by atoms with van der Waals surface area (Å²) in [7, 11) is 0. The maximum Gasteiger partial charge on any atom is 0.249 e. The lowest BCUT2D eigenvalue weighted by atomic mass is 10.0. The molecule has 0 aliphatic carbocycles. The normalized spacial score (nSPS) is 15.5. The molecule has 0 N–H and O–H groups in total. The Labute approximate surface area is 207 Å². The van der Waals surface area contributed by atoms with Gasteiger partial charge in [-0.2, -0.15) is 0 Å². The van der Waals surface area contributed by atoms with Gasteiger partial charge in [-0.05, 0) is 54.4 Å². The molecule has 0 unspecified atom stereocenters. The first-order valence-corrected chi connectivity index (χ1v) is 11.8. The third-order valence-corrected chi connectivity index (χ3v) is 6.72. The highest BCUT2D eigenvalue weighted by molar-refractivity contribution is 6.33. The molecule has 0 bridgehead atoms. The van der Waals surface area contributed by atoms with Crippen LogP contribution in [0.5, 0.6) is 0 Å². The first-order valence-electron chi connectivity index (χ1n) is 11.1. The predicted octanol–water partition coefficient (Wildman–Crippen LogP) is 6.40. The minimum atomic E-state index is -0.299. The van der Waals surface area contributed by atoms with Crippen LogP contribution in [0.1, 0.15) is 23.1 Å². The van der Waals surface area contributed by atoms with Crippen LogP contribution in [0.4, 0.5) is 10.1 Å². The molecule has 5 rings (SSSR count). The van der Waals surface area contributed by atoms with E-state index in [0.717, 1.165) is 42.5 Å². The van der Waals surface area contributed by atoms with Gasteiger partial charge in [0.1, 0.15) is 11.9 Å². The number of aromatic nitrogens is 2. The minimum absolute atomic E-state index is 0.286. The van der Waals surface area contributed by atoms with E-state index in [0.29, 0.717) is 22.4 Å². The van der Waals surface area contributed by atoms with Gasteiger partial charge in [-0.15, -0.1) is 10.2 Å². The van der Waals surface area contributed by atoms with Gasteiger partial charge in [-0.1, -0.05) is 53.5 Å². The van der Waals surface area contributed by atoms with E-state index >= 15 is 0 Å². The number of piperazine rings is 1. The van der Waals surface area contributed by atoms with Crippen LogP contribution >= 0.6 is 23.2 Å². The Morgan fingerprint density at radius 1 is 0.912 bits per heavy atom. The van der Waals surface area contributed by atoms with Crippen LogP contribution in [0.15, 0.2) is 71.1 Å². The molecule has 0 amide bonds. The highest BCUT2D eigenvalue weighted by atomic mass is 35.5. The van der Waals surface area contributed by atoms with E-state index in [9.17, 15) is 4.39 Å². The van der Waals surface area contributed by atoms with Gasteiger partial charge in [0.05, 0.1) is 10.6 Å².